The molecule has 0 spiro atoms. The van der Waals surface area contributed by atoms with Crippen LogP contribution in [0.1, 0.15) is 24.4 Å². The molecule has 1 aliphatic heterocycles. The molecule has 30 heavy (non-hydrogen) atoms. The van der Waals surface area contributed by atoms with E-state index < -0.39 is 36.8 Å². The number of aromatic hydroxyl groups is 1. The molecule has 0 saturated carbocycles. The summed E-state index contributed by atoms with van der Waals surface area (Å²) in [6.45, 7) is 0.239. The van der Waals surface area contributed by atoms with Crippen LogP contribution < -0.4 is 5.73 Å². The molecule has 8 nitrogen and oxygen atoms in total. The zero-order valence-electron chi connectivity index (χ0n) is 15.4. The fourth-order valence-corrected chi connectivity index (χ4v) is 3.19. The van der Waals surface area contributed by atoms with Gasteiger partial charge in [0.05, 0.1) is 16.7 Å². The number of aliphatic hydroxyl groups excluding tert-OH is 2. The lowest BCUT2D eigenvalue weighted by molar-refractivity contribution is -0.192. The highest BCUT2D eigenvalue weighted by molar-refractivity contribution is 6.42. The SMILES string of the molecule is NC(c1cc(Cl)c(Cl)cc1O)[C@@H]1CCCN(C(=O)C(O)CO)C1.O=C(O)C(F)(F)F. The van der Waals surface area contributed by atoms with Gasteiger partial charge in [0, 0.05) is 30.8 Å². The molecule has 1 fully saturated rings. The number of nitrogens with zero attached hydrogens (tertiary/aromatic N) is 1. The second kappa shape index (κ2) is 11.0. The standard InChI is InChI=1S/C15H20Cl2N2O4.C2HF3O2/c16-10-4-9(12(21)5-11(10)17)14(18)8-2-1-3-19(6-8)15(23)13(22)7-20;3-2(4,5)1(6)7/h4-5,8,13-14,20-22H,1-3,6-7,18H2;(H,6,7)/t8-,13?,14?;/m1./s1. The number of benzene rings is 1. The van der Waals surface area contributed by atoms with Gasteiger partial charge in [-0.05, 0) is 24.8 Å². The molecule has 2 rings (SSSR count). The van der Waals surface area contributed by atoms with E-state index in [-0.39, 0.29) is 16.7 Å². The summed E-state index contributed by atoms with van der Waals surface area (Å²) in [5, 5.41) is 36.1. The van der Waals surface area contributed by atoms with E-state index in [4.69, 9.17) is 43.9 Å². The third kappa shape index (κ3) is 7.17. The first-order chi connectivity index (χ1) is 13.8. The van der Waals surface area contributed by atoms with Crippen LogP contribution in [0.4, 0.5) is 13.2 Å². The van der Waals surface area contributed by atoms with Gasteiger partial charge in [0.15, 0.2) is 6.10 Å². The van der Waals surface area contributed by atoms with Crippen LogP contribution >= 0.6 is 23.2 Å². The highest BCUT2D eigenvalue weighted by Crippen LogP contribution is 2.37. The molecule has 1 aromatic rings. The van der Waals surface area contributed by atoms with Crippen molar-refractivity contribution in [1.82, 2.24) is 4.90 Å². The van der Waals surface area contributed by atoms with Gasteiger partial charge in [0.2, 0.25) is 0 Å². The molecule has 1 aromatic carbocycles. The fourth-order valence-electron chi connectivity index (χ4n) is 2.86. The van der Waals surface area contributed by atoms with Crippen LogP contribution in [-0.2, 0) is 9.59 Å². The number of carboxylic acid groups (broad SMARTS) is 1. The minimum absolute atomic E-state index is 0.0363. The number of carboxylic acids is 1. The van der Waals surface area contributed by atoms with Gasteiger partial charge in [0.25, 0.3) is 5.91 Å². The molecule has 13 heteroatoms. The number of piperidine rings is 1. The van der Waals surface area contributed by atoms with E-state index >= 15 is 0 Å². The maximum atomic E-state index is 12.0. The molecule has 1 heterocycles. The lowest BCUT2D eigenvalue weighted by Gasteiger charge is -2.36. The number of hydrogen-bond donors (Lipinski definition) is 5. The van der Waals surface area contributed by atoms with Crippen molar-refractivity contribution < 1.29 is 43.2 Å². The van der Waals surface area contributed by atoms with E-state index in [2.05, 4.69) is 0 Å². The van der Waals surface area contributed by atoms with Crippen LogP contribution in [0.3, 0.4) is 0 Å². The van der Waals surface area contributed by atoms with Crippen LogP contribution in [0.2, 0.25) is 10.0 Å². The van der Waals surface area contributed by atoms with Crippen molar-refractivity contribution in [3.63, 3.8) is 0 Å². The molecule has 0 aromatic heterocycles. The number of aliphatic carboxylic acids is 1. The summed E-state index contributed by atoms with van der Waals surface area (Å²) < 4.78 is 31.7. The first-order valence-electron chi connectivity index (χ1n) is 8.60. The summed E-state index contributed by atoms with van der Waals surface area (Å²) in [4.78, 5) is 22.4. The van der Waals surface area contributed by atoms with E-state index in [1.807, 2.05) is 0 Å². The Hall–Kier alpha value is -1.79. The van der Waals surface area contributed by atoms with Crippen molar-refractivity contribution in [2.45, 2.75) is 31.2 Å². The maximum absolute atomic E-state index is 12.0. The number of halogens is 5. The Labute approximate surface area is 179 Å². The zero-order valence-corrected chi connectivity index (χ0v) is 17.0. The largest absolute Gasteiger partial charge is 0.508 e. The van der Waals surface area contributed by atoms with Gasteiger partial charge in [-0.2, -0.15) is 13.2 Å². The topological polar surface area (TPSA) is 144 Å². The van der Waals surface area contributed by atoms with Gasteiger partial charge in [-0.25, -0.2) is 4.79 Å². The first kappa shape index (κ1) is 26.2. The third-order valence-corrected chi connectivity index (χ3v) is 5.13. The molecule has 3 atom stereocenters. The Balaban J connectivity index is 0.000000553. The summed E-state index contributed by atoms with van der Waals surface area (Å²) in [5.41, 5.74) is 6.72. The van der Waals surface area contributed by atoms with E-state index in [1.165, 1.54) is 17.0 Å². The molecule has 0 radical (unpaired) electrons. The number of amides is 1. The fraction of sp³-hybridized carbons (Fsp3) is 0.529. The molecular weight excluding hydrogens is 456 g/mol. The second-order valence-electron chi connectivity index (χ2n) is 6.54. The van der Waals surface area contributed by atoms with E-state index in [9.17, 15) is 28.2 Å². The Morgan fingerprint density at radius 1 is 1.27 bits per heavy atom. The summed E-state index contributed by atoms with van der Waals surface area (Å²) in [7, 11) is 0. The van der Waals surface area contributed by atoms with Gasteiger partial charge in [-0.3, -0.25) is 4.79 Å². The molecule has 1 amide bonds. The van der Waals surface area contributed by atoms with Crippen LogP contribution in [0.15, 0.2) is 12.1 Å². The molecule has 2 unspecified atom stereocenters. The third-order valence-electron chi connectivity index (χ3n) is 4.41. The molecule has 1 saturated heterocycles. The van der Waals surface area contributed by atoms with Gasteiger partial charge in [-0.1, -0.05) is 23.2 Å². The number of alkyl halides is 3. The number of aliphatic hydroxyl groups is 2. The number of phenols is 1. The number of hydrogen-bond acceptors (Lipinski definition) is 6. The smallest absolute Gasteiger partial charge is 0.490 e. The van der Waals surface area contributed by atoms with Crippen molar-refractivity contribution in [3.8, 4) is 5.75 Å². The van der Waals surface area contributed by atoms with Crippen LogP contribution in [0.5, 0.6) is 5.75 Å². The quantitative estimate of drug-likeness (QED) is 0.446. The van der Waals surface area contributed by atoms with E-state index in [1.54, 1.807) is 0 Å². The number of carbonyl (C=O) groups is 2. The average Bonchev–Trinajstić information content (AvgIpc) is 2.68. The van der Waals surface area contributed by atoms with Crippen LogP contribution in [0, 0.1) is 5.92 Å². The summed E-state index contributed by atoms with van der Waals surface area (Å²) in [5.74, 6) is -3.40. The summed E-state index contributed by atoms with van der Waals surface area (Å²) in [6.07, 6.45) is -4.99. The first-order valence-corrected chi connectivity index (χ1v) is 9.36. The Morgan fingerprint density at radius 2 is 1.80 bits per heavy atom. The van der Waals surface area contributed by atoms with Crippen LogP contribution in [-0.4, -0.2) is 69.2 Å². The lowest BCUT2D eigenvalue weighted by Crippen LogP contribution is -2.47. The monoisotopic (exact) mass is 476 g/mol. The minimum Gasteiger partial charge on any atom is -0.508 e. The number of carbonyl (C=O) groups excluding carboxylic acids is 1. The summed E-state index contributed by atoms with van der Waals surface area (Å²) in [6, 6.07) is 2.36. The highest BCUT2D eigenvalue weighted by Gasteiger charge is 2.38. The van der Waals surface area contributed by atoms with Gasteiger partial charge in [0.1, 0.15) is 5.75 Å². The number of rotatable bonds is 4. The van der Waals surface area contributed by atoms with Gasteiger partial charge < -0.3 is 31.1 Å². The van der Waals surface area contributed by atoms with Crippen molar-refractivity contribution in [2.24, 2.45) is 11.7 Å². The molecule has 0 bridgehead atoms. The Bertz CT molecular complexity index is 766. The Morgan fingerprint density at radius 3 is 2.30 bits per heavy atom. The van der Waals surface area contributed by atoms with Crippen LogP contribution in [0.25, 0.3) is 0 Å². The molecule has 170 valence electrons. The van der Waals surface area contributed by atoms with Gasteiger partial charge >= 0.3 is 12.1 Å². The number of likely N-dealkylation sites (tertiary alicyclic amines) is 1. The van der Waals surface area contributed by atoms with E-state index in [0.717, 1.165) is 12.8 Å². The van der Waals surface area contributed by atoms with Crippen molar-refractivity contribution in [3.05, 3.63) is 27.7 Å². The molecule has 0 aliphatic carbocycles. The Kier molecular flexibility index (Phi) is 9.63. The summed E-state index contributed by atoms with van der Waals surface area (Å²) >= 11 is 11.8. The second-order valence-corrected chi connectivity index (χ2v) is 7.35. The van der Waals surface area contributed by atoms with Gasteiger partial charge in [-0.15, -0.1) is 0 Å². The average molecular weight is 477 g/mol. The zero-order chi connectivity index (χ0) is 23.2. The van der Waals surface area contributed by atoms with Crippen molar-refractivity contribution in [1.29, 1.82) is 0 Å². The molecule has 1 aliphatic rings. The maximum Gasteiger partial charge on any atom is 0.490 e. The molecular formula is C17H21Cl2F3N2O6. The van der Waals surface area contributed by atoms with Crippen molar-refractivity contribution >= 4 is 35.1 Å². The predicted octanol–water partition coefficient (Wildman–Crippen LogP) is 1.92. The van der Waals surface area contributed by atoms with E-state index in [0.29, 0.717) is 23.7 Å². The van der Waals surface area contributed by atoms with Crippen molar-refractivity contribution in [2.75, 3.05) is 19.7 Å². The normalized spacial score (nSPS) is 18.8. The highest BCUT2D eigenvalue weighted by atomic mass is 35.5. The lowest BCUT2D eigenvalue weighted by atomic mass is 9.86. The predicted molar refractivity (Wildman–Crippen MR) is 101 cm³/mol. The minimum atomic E-state index is -5.08. The number of nitrogens with two attached hydrogens (primary N) is 1. The number of phenolic OH excluding ortho intramolecular Hbond substituents is 1. The molecule has 6 N–H and O–H groups in total.